The molecule has 0 fully saturated rings. The first-order valence-electron chi connectivity index (χ1n) is 6.67. The van der Waals surface area contributed by atoms with Crippen molar-refractivity contribution in [3.8, 4) is 0 Å². The Morgan fingerprint density at radius 3 is 2.52 bits per heavy atom. The summed E-state index contributed by atoms with van der Waals surface area (Å²) in [6.07, 6.45) is 0. The average molecular weight is 389 g/mol. The first-order valence-corrected chi connectivity index (χ1v) is 8.72. The number of halogens is 2. The lowest BCUT2D eigenvalue weighted by Crippen LogP contribution is -2.23. The van der Waals surface area contributed by atoms with E-state index in [1.165, 1.54) is 4.88 Å². The fourth-order valence-corrected chi connectivity index (χ4v) is 3.60. The van der Waals surface area contributed by atoms with Crippen LogP contribution < -0.4 is 4.90 Å². The average Bonchev–Trinajstić information content (AvgIpc) is 2.76. The van der Waals surface area contributed by atoms with Gasteiger partial charge in [0.2, 0.25) is 0 Å². The van der Waals surface area contributed by atoms with Crippen LogP contribution in [0.1, 0.15) is 37.0 Å². The summed E-state index contributed by atoms with van der Waals surface area (Å²) < 4.78 is 1.11. The van der Waals surface area contributed by atoms with E-state index in [1.54, 1.807) is 11.3 Å². The highest BCUT2D eigenvalue weighted by Crippen LogP contribution is 2.29. The maximum Gasteiger partial charge on any atom is 0.137 e. The van der Waals surface area contributed by atoms with E-state index in [0.717, 1.165) is 28.2 Å². The van der Waals surface area contributed by atoms with Crippen molar-refractivity contribution in [1.82, 2.24) is 9.97 Å². The molecule has 0 N–H and O–H groups in total. The summed E-state index contributed by atoms with van der Waals surface area (Å²) in [5.74, 6) is 1.66. The van der Waals surface area contributed by atoms with Crippen molar-refractivity contribution >= 4 is 44.7 Å². The number of anilines is 1. The Morgan fingerprint density at radius 2 is 2.00 bits per heavy atom. The van der Waals surface area contributed by atoms with Crippen molar-refractivity contribution in [3.05, 3.63) is 37.3 Å². The molecule has 0 amide bonds. The number of nitrogens with zero attached hydrogens (tertiary/aromatic N) is 3. The van der Waals surface area contributed by atoms with Crippen molar-refractivity contribution in [1.29, 1.82) is 0 Å². The molecule has 0 aliphatic heterocycles. The summed E-state index contributed by atoms with van der Waals surface area (Å²) in [6.45, 7) is 9.04. The third-order valence-corrected chi connectivity index (χ3v) is 5.16. The van der Waals surface area contributed by atoms with E-state index < -0.39 is 0 Å². The molecule has 0 bridgehead atoms. The lowest BCUT2D eigenvalue weighted by molar-refractivity contribution is 0.544. The second-order valence-corrected chi connectivity index (χ2v) is 8.39. The number of hydrogen-bond donors (Lipinski definition) is 0. The van der Waals surface area contributed by atoms with Crippen LogP contribution in [-0.4, -0.2) is 17.0 Å². The van der Waals surface area contributed by atoms with Crippen LogP contribution in [0.15, 0.2) is 15.9 Å². The Hall–Kier alpha value is -0.650. The zero-order valence-corrected chi connectivity index (χ0v) is 16.0. The third kappa shape index (κ3) is 3.96. The predicted molar refractivity (Wildman–Crippen MR) is 94.6 cm³/mol. The van der Waals surface area contributed by atoms with Crippen molar-refractivity contribution in [3.63, 3.8) is 0 Å². The third-order valence-electron chi connectivity index (χ3n) is 3.11. The molecule has 0 saturated carbocycles. The van der Waals surface area contributed by atoms with E-state index in [2.05, 4.69) is 58.0 Å². The zero-order chi connectivity index (χ0) is 15.8. The monoisotopic (exact) mass is 387 g/mol. The van der Waals surface area contributed by atoms with Crippen molar-refractivity contribution in [2.24, 2.45) is 0 Å². The van der Waals surface area contributed by atoms with Gasteiger partial charge in [-0.15, -0.1) is 11.3 Å². The summed E-state index contributed by atoms with van der Waals surface area (Å²) in [7, 11) is 2.03. The van der Waals surface area contributed by atoms with Crippen LogP contribution >= 0.6 is 38.9 Å². The van der Waals surface area contributed by atoms with Gasteiger partial charge >= 0.3 is 0 Å². The van der Waals surface area contributed by atoms with Crippen LogP contribution in [0.3, 0.4) is 0 Å². The summed E-state index contributed by atoms with van der Waals surface area (Å²) in [6, 6.07) is 2.13. The smallest absolute Gasteiger partial charge is 0.137 e. The number of hydrogen-bond acceptors (Lipinski definition) is 4. The molecule has 2 rings (SSSR count). The fraction of sp³-hybridized carbons (Fsp3) is 0.467. The number of aromatic nitrogens is 2. The van der Waals surface area contributed by atoms with Gasteiger partial charge in [-0.1, -0.05) is 32.4 Å². The van der Waals surface area contributed by atoms with E-state index in [0.29, 0.717) is 5.15 Å². The molecule has 2 aromatic heterocycles. The summed E-state index contributed by atoms with van der Waals surface area (Å²) in [5.41, 5.74) is 0.793. The van der Waals surface area contributed by atoms with Gasteiger partial charge in [0.1, 0.15) is 16.8 Å². The molecule has 2 heterocycles. The van der Waals surface area contributed by atoms with Gasteiger partial charge in [-0.25, -0.2) is 9.97 Å². The van der Waals surface area contributed by atoms with Gasteiger partial charge in [0, 0.05) is 32.8 Å². The lowest BCUT2D eigenvalue weighted by atomic mass is 9.95. The van der Waals surface area contributed by atoms with Gasteiger partial charge in [-0.2, -0.15) is 0 Å². The molecular formula is C15H19BrClN3S. The normalized spacial score (nSPS) is 11.8. The second kappa shape index (κ2) is 6.23. The van der Waals surface area contributed by atoms with Crippen molar-refractivity contribution in [2.75, 3.05) is 11.9 Å². The molecule has 114 valence electrons. The number of thiophene rings is 1. The number of rotatable bonds is 3. The molecule has 0 unspecified atom stereocenters. The highest BCUT2D eigenvalue weighted by Gasteiger charge is 2.22. The molecule has 6 heteroatoms. The first-order chi connectivity index (χ1) is 9.68. The Labute approximate surface area is 143 Å². The Kier molecular flexibility index (Phi) is 4.96. The van der Waals surface area contributed by atoms with E-state index in [1.807, 2.05) is 14.0 Å². The molecule has 21 heavy (non-hydrogen) atoms. The fourth-order valence-electron chi connectivity index (χ4n) is 1.93. The van der Waals surface area contributed by atoms with E-state index in [9.17, 15) is 0 Å². The van der Waals surface area contributed by atoms with Crippen LogP contribution in [0.2, 0.25) is 5.15 Å². The first kappa shape index (κ1) is 16.7. The maximum atomic E-state index is 6.29. The Bertz CT molecular complexity index is 649. The van der Waals surface area contributed by atoms with E-state index >= 15 is 0 Å². The van der Waals surface area contributed by atoms with Crippen LogP contribution in [0, 0.1) is 6.92 Å². The van der Waals surface area contributed by atoms with Gasteiger partial charge in [0.15, 0.2) is 0 Å². The van der Waals surface area contributed by atoms with Gasteiger partial charge in [0.25, 0.3) is 0 Å². The molecule has 0 aromatic carbocycles. The standard InChI is InChI=1S/C15H19BrClN3S/c1-9-12(17)18-14(15(2,3)4)19-13(9)20(5)7-11-6-10(16)8-21-11/h6,8H,7H2,1-5H3. The summed E-state index contributed by atoms with van der Waals surface area (Å²) in [5, 5.41) is 2.62. The molecular weight excluding hydrogens is 370 g/mol. The minimum atomic E-state index is -0.126. The highest BCUT2D eigenvalue weighted by atomic mass is 79.9. The molecule has 3 nitrogen and oxygen atoms in total. The second-order valence-electron chi connectivity index (χ2n) is 6.12. The Morgan fingerprint density at radius 1 is 1.33 bits per heavy atom. The summed E-state index contributed by atoms with van der Waals surface area (Å²) >= 11 is 11.5. The molecule has 0 aliphatic rings. The molecule has 0 saturated heterocycles. The molecule has 2 aromatic rings. The quantitative estimate of drug-likeness (QED) is 0.677. The molecule has 0 aliphatic carbocycles. The summed E-state index contributed by atoms with van der Waals surface area (Å²) in [4.78, 5) is 12.5. The Balaban J connectivity index is 2.35. The minimum absolute atomic E-state index is 0.126. The van der Waals surface area contributed by atoms with E-state index in [-0.39, 0.29) is 5.41 Å². The van der Waals surface area contributed by atoms with Gasteiger partial charge < -0.3 is 4.90 Å². The SMILES string of the molecule is Cc1c(Cl)nc(C(C)(C)C)nc1N(C)Cc1cc(Br)cs1. The maximum absolute atomic E-state index is 6.29. The highest BCUT2D eigenvalue weighted by molar-refractivity contribution is 9.10. The van der Waals surface area contributed by atoms with E-state index in [4.69, 9.17) is 16.6 Å². The van der Waals surface area contributed by atoms with Crippen molar-refractivity contribution in [2.45, 2.75) is 39.7 Å². The predicted octanol–water partition coefficient (Wildman–Crippen LogP) is 5.20. The minimum Gasteiger partial charge on any atom is -0.354 e. The van der Waals surface area contributed by atoms with Crippen LogP contribution in [0.25, 0.3) is 0 Å². The zero-order valence-electron chi connectivity index (χ0n) is 12.9. The lowest BCUT2D eigenvalue weighted by Gasteiger charge is -2.24. The van der Waals surface area contributed by atoms with Crippen LogP contribution in [-0.2, 0) is 12.0 Å². The van der Waals surface area contributed by atoms with Gasteiger partial charge in [-0.05, 0) is 28.9 Å². The van der Waals surface area contributed by atoms with Crippen LogP contribution in [0.4, 0.5) is 5.82 Å². The van der Waals surface area contributed by atoms with Gasteiger partial charge in [-0.3, -0.25) is 0 Å². The van der Waals surface area contributed by atoms with Crippen molar-refractivity contribution < 1.29 is 0 Å². The molecule has 0 radical (unpaired) electrons. The largest absolute Gasteiger partial charge is 0.354 e. The van der Waals surface area contributed by atoms with Crippen LogP contribution in [0.5, 0.6) is 0 Å². The van der Waals surface area contributed by atoms with Gasteiger partial charge in [0.05, 0.1) is 6.54 Å². The molecule has 0 spiro atoms. The molecule has 0 atom stereocenters. The topological polar surface area (TPSA) is 29.0 Å².